The van der Waals surface area contributed by atoms with Crippen molar-refractivity contribution < 1.29 is 4.79 Å². The van der Waals surface area contributed by atoms with E-state index in [9.17, 15) is 4.79 Å². The largest absolute Gasteiger partial charge is 0.351 e. The number of amides is 1. The van der Waals surface area contributed by atoms with Crippen molar-refractivity contribution in [2.45, 2.75) is 25.7 Å². The van der Waals surface area contributed by atoms with Crippen LogP contribution in [0.1, 0.15) is 36.0 Å². The molecule has 2 saturated carbocycles. The predicted molar refractivity (Wildman–Crippen MR) is 75.9 cm³/mol. The van der Waals surface area contributed by atoms with Gasteiger partial charge >= 0.3 is 0 Å². The second kappa shape index (κ2) is 4.26. The maximum atomic E-state index is 12.1. The minimum absolute atomic E-state index is 0.0851. The summed E-state index contributed by atoms with van der Waals surface area (Å²) in [5, 5.41) is 3.12. The molecule has 0 spiro atoms. The molecule has 1 aromatic carbocycles. The van der Waals surface area contributed by atoms with Crippen molar-refractivity contribution in [2.75, 3.05) is 6.54 Å². The average molecular weight is 341 g/mol. The number of hydrogen-bond acceptors (Lipinski definition) is 1. The lowest BCUT2D eigenvalue weighted by Crippen LogP contribution is -2.31. The quantitative estimate of drug-likeness (QED) is 0.838. The molecular weight excluding hydrogens is 325 g/mol. The third kappa shape index (κ3) is 2.34. The number of halogens is 1. The van der Waals surface area contributed by atoms with Crippen LogP contribution in [-0.4, -0.2) is 12.5 Å². The van der Waals surface area contributed by atoms with Gasteiger partial charge in [-0.3, -0.25) is 4.79 Å². The number of hydrogen-bond donors (Lipinski definition) is 1. The number of nitrogens with one attached hydrogen (secondary N) is 1. The van der Waals surface area contributed by atoms with E-state index in [1.807, 2.05) is 24.3 Å². The van der Waals surface area contributed by atoms with E-state index in [0.717, 1.165) is 21.6 Å². The fourth-order valence-corrected chi connectivity index (χ4v) is 3.21. The van der Waals surface area contributed by atoms with E-state index in [-0.39, 0.29) is 5.91 Å². The van der Waals surface area contributed by atoms with Crippen LogP contribution in [-0.2, 0) is 0 Å². The maximum absolute atomic E-state index is 12.1. The molecule has 3 heteroatoms. The smallest absolute Gasteiger partial charge is 0.252 e. The van der Waals surface area contributed by atoms with Crippen molar-refractivity contribution in [2.24, 2.45) is 11.3 Å². The molecule has 0 unspecified atom stereocenters. The predicted octanol–water partition coefficient (Wildman–Crippen LogP) is 3.21. The second-order valence-electron chi connectivity index (χ2n) is 5.30. The van der Waals surface area contributed by atoms with Gasteiger partial charge < -0.3 is 5.32 Å². The Morgan fingerprint density at radius 1 is 1.35 bits per heavy atom. The summed E-state index contributed by atoms with van der Waals surface area (Å²) in [6, 6.07) is 7.76. The van der Waals surface area contributed by atoms with E-state index in [2.05, 4.69) is 27.9 Å². The highest BCUT2D eigenvalue weighted by molar-refractivity contribution is 14.1. The first-order valence-corrected chi connectivity index (χ1v) is 7.32. The average Bonchev–Trinajstić information content (AvgIpc) is 3.17. The van der Waals surface area contributed by atoms with Crippen LogP contribution in [0.15, 0.2) is 24.3 Å². The summed E-state index contributed by atoms with van der Waals surface area (Å²) in [4.78, 5) is 12.1. The Bertz CT molecular complexity index is 449. The van der Waals surface area contributed by atoms with Gasteiger partial charge in [0, 0.05) is 10.1 Å². The lowest BCUT2D eigenvalue weighted by Gasteiger charge is -2.15. The summed E-state index contributed by atoms with van der Waals surface area (Å²) in [7, 11) is 0. The van der Waals surface area contributed by atoms with Gasteiger partial charge in [0.2, 0.25) is 0 Å². The Morgan fingerprint density at radius 2 is 2.06 bits per heavy atom. The van der Waals surface area contributed by atoms with Crippen molar-refractivity contribution >= 4 is 28.5 Å². The summed E-state index contributed by atoms with van der Waals surface area (Å²) in [6.45, 7) is 0.876. The number of carbonyl (C=O) groups is 1. The SMILES string of the molecule is O=C(NCC1(C2CC2)CC1)c1ccccc1I. The lowest BCUT2D eigenvalue weighted by atomic mass is 10.0. The Labute approximate surface area is 115 Å². The van der Waals surface area contributed by atoms with Gasteiger partial charge in [0.15, 0.2) is 0 Å². The number of rotatable bonds is 4. The van der Waals surface area contributed by atoms with Gasteiger partial charge in [0.05, 0.1) is 5.56 Å². The molecule has 90 valence electrons. The molecular formula is C14H16INO. The van der Waals surface area contributed by atoms with Crippen LogP contribution in [0.2, 0.25) is 0 Å². The van der Waals surface area contributed by atoms with Gasteiger partial charge in [-0.25, -0.2) is 0 Å². The molecule has 0 heterocycles. The molecule has 2 aliphatic rings. The van der Waals surface area contributed by atoms with Crippen molar-refractivity contribution in [3.05, 3.63) is 33.4 Å². The zero-order chi connectivity index (χ0) is 11.9. The van der Waals surface area contributed by atoms with Crippen molar-refractivity contribution in [3.8, 4) is 0 Å². The first kappa shape index (κ1) is 11.5. The Morgan fingerprint density at radius 3 is 2.65 bits per heavy atom. The van der Waals surface area contributed by atoms with E-state index in [4.69, 9.17) is 0 Å². The first-order valence-electron chi connectivity index (χ1n) is 6.24. The van der Waals surface area contributed by atoms with Crippen LogP contribution in [0.3, 0.4) is 0 Å². The molecule has 0 radical (unpaired) electrons. The summed E-state index contributed by atoms with van der Waals surface area (Å²) < 4.78 is 1.03. The maximum Gasteiger partial charge on any atom is 0.252 e. The van der Waals surface area contributed by atoms with Crippen LogP contribution < -0.4 is 5.32 Å². The fourth-order valence-electron chi connectivity index (χ4n) is 2.58. The standard InChI is InChI=1S/C14H16INO/c15-12-4-2-1-3-11(12)13(17)16-9-14(7-8-14)10-5-6-10/h1-4,10H,5-9H2,(H,16,17). The lowest BCUT2D eigenvalue weighted by molar-refractivity contribution is 0.0941. The third-order valence-electron chi connectivity index (χ3n) is 4.06. The molecule has 0 saturated heterocycles. The Hall–Kier alpha value is -0.580. The molecule has 2 fully saturated rings. The minimum atomic E-state index is 0.0851. The third-order valence-corrected chi connectivity index (χ3v) is 5.00. The highest BCUT2D eigenvalue weighted by atomic mass is 127. The zero-order valence-electron chi connectivity index (χ0n) is 9.71. The summed E-state index contributed by atoms with van der Waals surface area (Å²) in [5.74, 6) is 0.986. The highest BCUT2D eigenvalue weighted by Gasteiger charge is 2.53. The van der Waals surface area contributed by atoms with E-state index in [1.54, 1.807) is 0 Å². The minimum Gasteiger partial charge on any atom is -0.351 e. The van der Waals surface area contributed by atoms with E-state index in [1.165, 1.54) is 25.7 Å². The fraction of sp³-hybridized carbons (Fsp3) is 0.500. The summed E-state index contributed by atoms with van der Waals surface area (Å²) in [5.41, 5.74) is 1.29. The van der Waals surface area contributed by atoms with E-state index < -0.39 is 0 Å². The molecule has 0 atom stereocenters. The summed E-state index contributed by atoms with van der Waals surface area (Å²) >= 11 is 2.22. The van der Waals surface area contributed by atoms with Gasteiger partial charge in [-0.1, -0.05) is 12.1 Å². The van der Waals surface area contributed by atoms with Gasteiger partial charge in [-0.15, -0.1) is 0 Å². The Kier molecular flexibility index (Phi) is 2.89. The van der Waals surface area contributed by atoms with E-state index >= 15 is 0 Å². The van der Waals surface area contributed by atoms with E-state index in [0.29, 0.717) is 5.41 Å². The Balaban J connectivity index is 1.62. The molecule has 2 aliphatic carbocycles. The van der Waals surface area contributed by atoms with Crippen LogP contribution in [0.4, 0.5) is 0 Å². The monoisotopic (exact) mass is 341 g/mol. The highest BCUT2D eigenvalue weighted by Crippen LogP contribution is 2.60. The molecule has 0 aliphatic heterocycles. The van der Waals surface area contributed by atoms with Crippen molar-refractivity contribution in [1.82, 2.24) is 5.32 Å². The van der Waals surface area contributed by atoms with Crippen LogP contribution >= 0.6 is 22.6 Å². The molecule has 17 heavy (non-hydrogen) atoms. The van der Waals surface area contributed by atoms with Crippen LogP contribution in [0.25, 0.3) is 0 Å². The second-order valence-corrected chi connectivity index (χ2v) is 6.46. The molecule has 0 aromatic heterocycles. The molecule has 1 N–H and O–H groups in total. The van der Waals surface area contributed by atoms with Crippen LogP contribution in [0.5, 0.6) is 0 Å². The van der Waals surface area contributed by atoms with Crippen molar-refractivity contribution in [1.29, 1.82) is 0 Å². The zero-order valence-corrected chi connectivity index (χ0v) is 11.9. The van der Waals surface area contributed by atoms with Crippen molar-refractivity contribution in [3.63, 3.8) is 0 Å². The topological polar surface area (TPSA) is 29.1 Å². The van der Waals surface area contributed by atoms with Crippen LogP contribution in [0, 0.1) is 14.9 Å². The molecule has 1 amide bonds. The molecule has 3 rings (SSSR count). The van der Waals surface area contributed by atoms with Gasteiger partial charge in [-0.05, 0) is 71.7 Å². The molecule has 2 nitrogen and oxygen atoms in total. The normalized spacial score (nSPS) is 21.0. The van der Waals surface area contributed by atoms with Gasteiger partial charge in [-0.2, -0.15) is 0 Å². The summed E-state index contributed by atoms with van der Waals surface area (Å²) in [6.07, 6.45) is 5.37. The van der Waals surface area contributed by atoms with Gasteiger partial charge in [0.25, 0.3) is 5.91 Å². The van der Waals surface area contributed by atoms with Gasteiger partial charge in [0.1, 0.15) is 0 Å². The molecule has 0 bridgehead atoms. The number of benzene rings is 1. The first-order chi connectivity index (χ1) is 8.21. The number of carbonyl (C=O) groups excluding carboxylic acids is 1. The molecule has 1 aromatic rings.